The third-order valence-corrected chi connectivity index (χ3v) is 5.27. The van der Waals surface area contributed by atoms with E-state index in [2.05, 4.69) is 0 Å². The minimum Gasteiger partial charge on any atom is -0.497 e. The van der Waals surface area contributed by atoms with Crippen LogP contribution < -0.4 is 4.74 Å². The molecule has 110 valence electrons. The molecule has 1 aromatic rings. The number of ether oxygens (including phenoxy) is 1. The summed E-state index contributed by atoms with van der Waals surface area (Å²) in [6.07, 6.45) is 1.07. The van der Waals surface area contributed by atoms with Crippen LogP contribution >= 0.6 is 0 Å². The molecule has 1 N–H and O–H groups in total. The predicted molar refractivity (Wildman–Crippen MR) is 72.1 cm³/mol. The number of nitrogens with zero attached hydrogens (tertiary/aromatic N) is 1. The highest BCUT2D eigenvalue weighted by Crippen LogP contribution is 2.25. The van der Waals surface area contributed by atoms with Gasteiger partial charge in [-0.25, -0.2) is 8.42 Å². The van der Waals surface area contributed by atoms with Crippen LogP contribution in [-0.2, 0) is 14.8 Å². The number of aliphatic carboxylic acids is 1. The van der Waals surface area contributed by atoms with Crippen LogP contribution in [0.25, 0.3) is 0 Å². The number of carbonyl (C=O) groups is 1. The summed E-state index contributed by atoms with van der Waals surface area (Å²) in [6, 6.07) is 6.20. The van der Waals surface area contributed by atoms with Crippen LogP contribution in [0.15, 0.2) is 29.2 Å². The normalized spacial score (nSPS) is 20.6. The number of sulfonamides is 1. The van der Waals surface area contributed by atoms with E-state index in [0.29, 0.717) is 25.1 Å². The summed E-state index contributed by atoms with van der Waals surface area (Å²) in [7, 11) is -2.21. The minimum atomic E-state index is -3.67. The summed E-state index contributed by atoms with van der Waals surface area (Å²) >= 11 is 0. The van der Waals surface area contributed by atoms with Gasteiger partial charge in [0.1, 0.15) is 5.75 Å². The van der Waals surface area contributed by atoms with Gasteiger partial charge in [-0.05, 0) is 25.0 Å². The quantitative estimate of drug-likeness (QED) is 0.902. The Balaban J connectivity index is 2.27. The zero-order valence-corrected chi connectivity index (χ0v) is 12.0. The van der Waals surface area contributed by atoms with Crippen molar-refractivity contribution in [1.82, 2.24) is 4.31 Å². The van der Waals surface area contributed by atoms with Crippen molar-refractivity contribution in [2.75, 3.05) is 20.2 Å². The van der Waals surface area contributed by atoms with E-state index in [0.717, 1.165) is 0 Å². The van der Waals surface area contributed by atoms with E-state index >= 15 is 0 Å². The number of hydrogen-bond donors (Lipinski definition) is 1. The minimum absolute atomic E-state index is 0.0227. The first-order chi connectivity index (χ1) is 9.45. The van der Waals surface area contributed by atoms with E-state index in [1.807, 2.05) is 0 Å². The Labute approximate surface area is 118 Å². The van der Waals surface area contributed by atoms with Crippen LogP contribution in [0.1, 0.15) is 12.8 Å². The van der Waals surface area contributed by atoms with Crippen molar-refractivity contribution < 1.29 is 23.1 Å². The van der Waals surface area contributed by atoms with Crippen LogP contribution in [-0.4, -0.2) is 44.0 Å². The molecule has 1 saturated heterocycles. The Hall–Kier alpha value is -1.60. The highest BCUT2D eigenvalue weighted by atomic mass is 32.2. The largest absolute Gasteiger partial charge is 0.497 e. The second-order valence-corrected chi connectivity index (χ2v) is 6.66. The summed E-state index contributed by atoms with van der Waals surface area (Å²) in [5.41, 5.74) is 0. The lowest BCUT2D eigenvalue weighted by Crippen LogP contribution is -2.42. The molecule has 1 heterocycles. The summed E-state index contributed by atoms with van der Waals surface area (Å²) in [5, 5.41) is 9.03. The number of hydrogen-bond acceptors (Lipinski definition) is 4. The average Bonchev–Trinajstić information content (AvgIpc) is 2.47. The molecule has 0 spiro atoms. The molecule has 0 saturated carbocycles. The monoisotopic (exact) mass is 299 g/mol. The summed E-state index contributed by atoms with van der Waals surface area (Å²) in [4.78, 5) is 11.1. The zero-order valence-electron chi connectivity index (χ0n) is 11.2. The fourth-order valence-corrected chi connectivity index (χ4v) is 3.83. The van der Waals surface area contributed by atoms with E-state index in [9.17, 15) is 13.2 Å². The van der Waals surface area contributed by atoms with Gasteiger partial charge < -0.3 is 9.84 Å². The maximum atomic E-state index is 12.5. The fraction of sp³-hybridized carbons (Fsp3) is 0.462. The Morgan fingerprint density at radius 1 is 1.45 bits per heavy atom. The molecule has 1 fully saturated rings. The molecule has 2 rings (SSSR count). The third-order valence-electron chi connectivity index (χ3n) is 3.41. The molecule has 0 bridgehead atoms. The first-order valence-electron chi connectivity index (χ1n) is 6.32. The first kappa shape index (κ1) is 14.8. The van der Waals surface area contributed by atoms with E-state index in [1.54, 1.807) is 12.1 Å². The second kappa shape index (κ2) is 5.80. The van der Waals surface area contributed by atoms with Gasteiger partial charge in [-0.1, -0.05) is 6.07 Å². The maximum absolute atomic E-state index is 12.5. The molecule has 0 radical (unpaired) electrons. The molecule has 1 aromatic carbocycles. The third kappa shape index (κ3) is 2.94. The lowest BCUT2D eigenvalue weighted by atomic mass is 10.0. The number of piperidine rings is 1. The second-order valence-electron chi connectivity index (χ2n) is 4.72. The van der Waals surface area contributed by atoms with Crippen LogP contribution in [0.2, 0.25) is 0 Å². The maximum Gasteiger partial charge on any atom is 0.307 e. The Morgan fingerprint density at radius 2 is 2.20 bits per heavy atom. The lowest BCUT2D eigenvalue weighted by Gasteiger charge is -2.29. The predicted octanol–water partition coefficient (Wildman–Crippen LogP) is 1.18. The van der Waals surface area contributed by atoms with E-state index < -0.39 is 21.9 Å². The first-order valence-corrected chi connectivity index (χ1v) is 7.76. The van der Waals surface area contributed by atoms with Crippen molar-refractivity contribution in [1.29, 1.82) is 0 Å². The summed E-state index contributed by atoms with van der Waals surface area (Å²) in [5.74, 6) is -1.13. The molecular weight excluding hydrogens is 282 g/mol. The molecule has 1 aliphatic rings. The number of rotatable bonds is 4. The standard InChI is InChI=1S/C13H17NO5S/c1-19-11-5-2-6-12(8-11)20(17,18)14-7-3-4-10(9-14)13(15)16/h2,5-6,8,10H,3-4,7,9H2,1H3,(H,15,16). The zero-order chi connectivity index (χ0) is 14.8. The topological polar surface area (TPSA) is 83.9 Å². The van der Waals surface area contributed by atoms with E-state index in [-0.39, 0.29) is 11.4 Å². The Morgan fingerprint density at radius 3 is 2.85 bits per heavy atom. The van der Waals surface area contributed by atoms with Crippen LogP contribution in [0.3, 0.4) is 0 Å². The van der Waals surface area contributed by atoms with Gasteiger partial charge >= 0.3 is 5.97 Å². The van der Waals surface area contributed by atoms with Crippen LogP contribution in [0.5, 0.6) is 5.75 Å². The molecule has 0 amide bonds. The lowest BCUT2D eigenvalue weighted by molar-refractivity contribution is -0.142. The molecule has 0 aromatic heterocycles. The van der Waals surface area contributed by atoms with Crippen LogP contribution in [0.4, 0.5) is 0 Å². The van der Waals surface area contributed by atoms with E-state index in [1.165, 1.54) is 23.5 Å². The van der Waals surface area contributed by atoms with Gasteiger partial charge in [0.05, 0.1) is 17.9 Å². The van der Waals surface area contributed by atoms with Crippen molar-refractivity contribution in [3.05, 3.63) is 24.3 Å². The van der Waals surface area contributed by atoms with Gasteiger partial charge in [0.25, 0.3) is 0 Å². The highest BCUT2D eigenvalue weighted by molar-refractivity contribution is 7.89. The molecule has 0 aliphatic carbocycles. The molecule has 20 heavy (non-hydrogen) atoms. The molecular formula is C13H17NO5S. The molecule has 1 aliphatic heterocycles. The van der Waals surface area contributed by atoms with Crippen molar-refractivity contribution in [3.63, 3.8) is 0 Å². The Kier molecular flexibility index (Phi) is 4.29. The van der Waals surface area contributed by atoms with Gasteiger partial charge in [0, 0.05) is 19.2 Å². The summed E-state index contributed by atoms with van der Waals surface area (Å²) in [6.45, 7) is 0.373. The van der Waals surface area contributed by atoms with Gasteiger partial charge in [0.2, 0.25) is 10.0 Å². The number of benzene rings is 1. The van der Waals surface area contributed by atoms with Crippen molar-refractivity contribution in [2.24, 2.45) is 5.92 Å². The van der Waals surface area contributed by atoms with E-state index in [4.69, 9.17) is 9.84 Å². The smallest absolute Gasteiger partial charge is 0.307 e. The highest BCUT2D eigenvalue weighted by Gasteiger charge is 2.33. The number of carboxylic acid groups (broad SMARTS) is 1. The SMILES string of the molecule is COc1cccc(S(=O)(=O)N2CCCC(C(=O)O)C2)c1. The fourth-order valence-electron chi connectivity index (χ4n) is 2.27. The van der Waals surface area contributed by atoms with Gasteiger partial charge in [-0.3, -0.25) is 4.79 Å². The number of carboxylic acids is 1. The molecule has 7 heteroatoms. The van der Waals surface area contributed by atoms with Crippen LogP contribution in [0, 0.1) is 5.92 Å². The van der Waals surface area contributed by atoms with Gasteiger partial charge in [-0.15, -0.1) is 0 Å². The van der Waals surface area contributed by atoms with Gasteiger partial charge in [-0.2, -0.15) is 4.31 Å². The molecule has 1 atom stereocenters. The van der Waals surface area contributed by atoms with Crippen molar-refractivity contribution in [3.8, 4) is 5.75 Å². The molecule has 1 unspecified atom stereocenters. The van der Waals surface area contributed by atoms with Gasteiger partial charge in [0.15, 0.2) is 0 Å². The Bertz CT molecular complexity index is 599. The number of methoxy groups -OCH3 is 1. The summed E-state index contributed by atoms with van der Waals surface area (Å²) < 4.78 is 31.3. The average molecular weight is 299 g/mol. The van der Waals surface area contributed by atoms with Crippen molar-refractivity contribution >= 4 is 16.0 Å². The van der Waals surface area contributed by atoms with Crippen molar-refractivity contribution in [2.45, 2.75) is 17.7 Å². The molecule has 6 nitrogen and oxygen atoms in total.